The van der Waals surface area contributed by atoms with Crippen LogP contribution in [-0.2, 0) is 20.7 Å². The Morgan fingerprint density at radius 3 is 2.78 bits per heavy atom. The lowest BCUT2D eigenvalue weighted by molar-refractivity contribution is -0.139. The zero-order chi connectivity index (χ0) is 13.0. The van der Waals surface area contributed by atoms with Crippen LogP contribution in [0.1, 0.15) is 12.0 Å². The van der Waals surface area contributed by atoms with Crippen molar-refractivity contribution in [3.63, 3.8) is 0 Å². The molecule has 0 amide bonds. The third-order valence-electron chi connectivity index (χ3n) is 2.91. The Bertz CT molecular complexity index is 395. The lowest BCUT2D eigenvalue weighted by atomic mass is 10.1. The molecule has 0 bridgehead atoms. The van der Waals surface area contributed by atoms with Gasteiger partial charge in [0.05, 0.1) is 0 Å². The zero-order valence-electron chi connectivity index (χ0n) is 10.2. The first-order valence-electron chi connectivity index (χ1n) is 5.91. The predicted octanol–water partition coefficient (Wildman–Crippen LogP) is 0.991. The topological polar surface area (TPSA) is 71.1 Å². The van der Waals surface area contributed by atoms with Gasteiger partial charge in [-0.3, -0.25) is 10.1 Å². The van der Waals surface area contributed by atoms with Crippen molar-refractivity contribution in [1.82, 2.24) is 5.32 Å². The minimum atomic E-state index is -0.865. The molecule has 0 saturated carbocycles. The molecule has 0 radical (unpaired) electrons. The first-order chi connectivity index (χ1) is 8.70. The summed E-state index contributed by atoms with van der Waals surface area (Å²) in [5.74, 6) is -0.865. The van der Waals surface area contributed by atoms with Gasteiger partial charge in [0.25, 0.3) is 0 Å². The summed E-state index contributed by atoms with van der Waals surface area (Å²) in [4.78, 5) is 11.1. The summed E-state index contributed by atoms with van der Waals surface area (Å²) >= 11 is 0. The minimum Gasteiger partial charge on any atom is -0.480 e. The van der Waals surface area contributed by atoms with Crippen molar-refractivity contribution in [2.45, 2.75) is 31.4 Å². The average Bonchev–Trinajstić information content (AvgIpc) is 3.13. The smallest absolute Gasteiger partial charge is 0.320 e. The maximum Gasteiger partial charge on any atom is 0.320 e. The van der Waals surface area contributed by atoms with Crippen LogP contribution in [-0.4, -0.2) is 36.7 Å². The molecular weight excluding hydrogens is 234 g/mol. The van der Waals surface area contributed by atoms with E-state index >= 15 is 0 Å². The number of nitrogens with one attached hydrogen (secondary N) is 1. The molecule has 2 N–H and O–H groups in total. The van der Waals surface area contributed by atoms with Gasteiger partial charge in [0.2, 0.25) is 0 Å². The summed E-state index contributed by atoms with van der Waals surface area (Å²) in [7, 11) is 1.53. The second-order valence-electron chi connectivity index (χ2n) is 4.24. The van der Waals surface area contributed by atoms with Gasteiger partial charge in [-0.2, -0.15) is 0 Å². The van der Waals surface area contributed by atoms with Crippen molar-refractivity contribution >= 4 is 5.97 Å². The molecule has 18 heavy (non-hydrogen) atoms. The lowest BCUT2D eigenvalue weighted by Crippen LogP contribution is -2.39. The number of carboxylic acid groups (broad SMARTS) is 1. The summed E-state index contributed by atoms with van der Waals surface area (Å²) in [6.07, 6.45) is 0.626. The van der Waals surface area contributed by atoms with Gasteiger partial charge in [0, 0.05) is 7.11 Å². The molecule has 1 aliphatic heterocycles. The minimum absolute atomic E-state index is 0.299. The molecule has 1 aliphatic rings. The van der Waals surface area contributed by atoms with E-state index in [2.05, 4.69) is 5.32 Å². The molecule has 0 aliphatic carbocycles. The Hall–Kier alpha value is -1.43. The number of hydrogen-bond acceptors (Lipinski definition) is 4. The number of carbonyl (C=O) groups is 1. The molecule has 2 rings (SSSR count). The molecule has 1 saturated heterocycles. The van der Waals surface area contributed by atoms with E-state index < -0.39 is 12.0 Å². The van der Waals surface area contributed by atoms with Crippen LogP contribution in [0.5, 0.6) is 0 Å². The fourth-order valence-electron chi connectivity index (χ4n) is 1.83. The van der Waals surface area contributed by atoms with Crippen LogP contribution >= 0.6 is 0 Å². The molecule has 1 aromatic carbocycles. The summed E-state index contributed by atoms with van der Waals surface area (Å²) in [6, 6.07) is 9.20. The van der Waals surface area contributed by atoms with Crippen molar-refractivity contribution in [3.05, 3.63) is 35.9 Å². The highest BCUT2D eigenvalue weighted by Gasteiger charge is 2.41. The molecule has 2 unspecified atom stereocenters. The number of carboxylic acids is 1. The molecule has 5 heteroatoms. The third-order valence-corrected chi connectivity index (χ3v) is 2.91. The fourth-order valence-corrected chi connectivity index (χ4v) is 1.83. The largest absolute Gasteiger partial charge is 0.480 e. The van der Waals surface area contributed by atoms with E-state index in [0.29, 0.717) is 6.42 Å². The molecule has 0 spiro atoms. The van der Waals surface area contributed by atoms with Crippen molar-refractivity contribution in [2.75, 3.05) is 7.11 Å². The number of benzene rings is 1. The molecule has 1 aromatic rings. The normalized spacial score (nSPS) is 23.6. The highest BCUT2D eigenvalue weighted by atomic mass is 16.8. The Morgan fingerprint density at radius 1 is 1.50 bits per heavy atom. The Labute approximate surface area is 106 Å². The molecule has 5 nitrogen and oxygen atoms in total. The van der Waals surface area contributed by atoms with Crippen LogP contribution in [0.15, 0.2) is 30.3 Å². The second-order valence-corrected chi connectivity index (χ2v) is 4.24. The lowest BCUT2D eigenvalue weighted by Gasteiger charge is -2.12. The maximum atomic E-state index is 11.1. The monoisotopic (exact) mass is 251 g/mol. The SMILES string of the molecule is COC1OC1N[C@@H](CCc1ccccc1)C(=O)O. The summed E-state index contributed by atoms with van der Waals surface area (Å²) in [6.45, 7) is 0. The van der Waals surface area contributed by atoms with E-state index in [1.54, 1.807) is 0 Å². The van der Waals surface area contributed by atoms with Gasteiger partial charge >= 0.3 is 5.97 Å². The van der Waals surface area contributed by atoms with Crippen LogP contribution in [0.25, 0.3) is 0 Å². The first kappa shape index (κ1) is 13.0. The number of methoxy groups -OCH3 is 1. The van der Waals surface area contributed by atoms with Crippen LogP contribution in [0, 0.1) is 0 Å². The van der Waals surface area contributed by atoms with Gasteiger partial charge in [-0.15, -0.1) is 0 Å². The highest BCUT2D eigenvalue weighted by Crippen LogP contribution is 2.20. The third kappa shape index (κ3) is 3.53. The predicted molar refractivity (Wildman–Crippen MR) is 65.0 cm³/mol. The Morgan fingerprint density at radius 2 is 2.22 bits per heavy atom. The number of epoxide rings is 1. The van der Waals surface area contributed by atoms with E-state index in [4.69, 9.17) is 14.6 Å². The summed E-state index contributed by atoms with van der Waals surface area (Å²) in [5.41, 5.74) is 1.13. The first-order valence-corrected chi connectivity index (χ1v) is 5.91. The molecule has 1 heterocycles. The summed E-state index contributed by atoms with van der Waals surface area (Å²) in [5, 5.41) is 12.0. The van der Waals surface area contributed by atoms with E-state index in [0.717, 1.165) is 12.0 Å². The number of aliphatic carboxylic acids is 1. The average molecular weight is 251 g/mol. The number of ether oxygens (including phenoxy) is 2. The van der Waals surface area contributed by atoms with Crippen LogP contribution in [0.2, 0.25) is 0 Å². The van der Waals surface area contributed by atoms with Crippen molar-refractivity contribution in [3.8, 4) is 0 Å². The molecule has 3 atom stereocenters. The van der Waals surface area contributed by atoms with Crippen LogP contribution < -0.4 is 5.32 Å². The van der Waals surface area contributed by atoms with E-state index in [1.165, 1.54) is 7.11 Å². The molecule has 98 valence electrons. The summed E-state index contributed by atoms with van der Waals surface area (Å²) < 4.78 is 10.0. The standard InChI is InChI=1S/C13H17NO4/c1-17-13-11(18-13)14-10(12(15)16)8-7-9-5-3-2-4-6-9/h2-6,10-11,13-14H,7-8H2,1H3,(H,15,16)/t10-,11?,13?/m0/s1. The van der Waals surface area contributed by atoms with Gasteiger partial charge < -0.3 is 14.6 Å². The molecular formula is C13H17NO4. The van der Waals surface area contributed by atoms with Crippen molar-refractivity contribution in [1.29, 1.82) is 0 Å². The van der Waals surface area contributed by atoms with Crippen molar-refractivity contribution in [2.24, 2.45) is 0 Å². The fraction of sp³-hybridized carbons (Fsp3) is 0.462. The van der Waals surface area contributed by atoms with E-state index in [-0.39, 0.29) is 12.5 Å². The quantitative estimate of drug-likeness (QED) is 0.707. The molecule has 0 aromatic heterocycles. The van der Waals surface area contributed by atoms with Crippen LogP contribution in [0.4, 0.5) is 0 Å². The van der Waals surface area contributed by atoms with Gasteiger partial charge in [-0.25, -0.2) is 0 Å². The Balaban J connectivity index is 1.82. The zero-order valence-corrected chi connectivity index (χ0v) is 10.2. The van der Waals surface area contributed by atoms with Gasteiger partial charge in [-0.05, 0) is 18.4 Å². The van der Waals surface area contributed by atoms with E-state index in [1.807, 2.05) is 30.3 Å². The second kappa shape index (κ2) is 5.95. The van der Waals surface area contributed by atoms with Gasteiger partial charge in [-0.1, -0.05) is 30.3 Å². The van der Waals surface area contributed by atoms with E-state index in [9.17, 15) is 4.79 Å². The number of rotatable bonds is 7. The van der Waals surface area contributed by atoms with Crippen molar-refractivity contribution < 1.29 is 19.4 Å². The Kier molecular flexibility index (Phi) is 4.30. The highest BCUT2D eigenvalue weighted by molar-refractivity contribution is 5.73. The number of aryl methyl sites for hydroxylation is 1. The number of hydrogen-bond donors (Lipinski definition) is 2. The van der Waals surface area contributed by atoms with Crippen LogP contribution in [0.3, 0.4) is 0 Å². The van der Waals surface area contributed by atoms with Gasteiger partial charge in [0.15, 0.2) is 12.5 Å². The molecule has 1 fully saturated rings. The maximum absolute atomic E-state index is 11.1. The van der Waals surface area contributed by atoms with Gasteiger partial charge in [0.1, 0.15) is 6.04 Å².